The molecule has 4 aromatic rings. The second kappa shape index (κ2) is 19.7. The third-order valence-corrected chi connectivity index (χ3v) is 10.3. The Morgan fingerprint density at radius 1 is 0.879 bits per heavy atom. The van der Waals surface area contributed by atoms with E-state index in [1.165, 1.54) is 4.90 Å². The van der Waals surface area contributed by atoms with E-state index in [1.807, 2.05) is 42.5 Å². The number of rotatable bonds is 6. The second-order valence-electron chi connectivity index (χ2n) is 14.6. The lowest BCUT2D eigenvalue weighted by Crippen LogP contribution is -2.58. The van der Waals surface area contributed by atoms with Crippen LogP contribution in [0.25, 0.3) is 0 Å². The summed E-state index contributed by atoms with van der Waals surface area (Å²) < 4.78 is 13.6. The molecule has 0 radical (unpaired) electrons. The quantitative estimate of drug-likeness (QED) is 0.190. The molecular formula is C42H50N8O8. The molecule has 306 valence electrons. The van der Waals surface area contributed by atoms with E-state index < -0.39 is 53.9 Å². The Labute approximate surface area is 336 Å². The van der Waals surface area contributed by atoms with E-state index in [-0.39, 0.29) is 38.3 Å². The van der Waals surface area contributed by atoms with Gasteiger partial charge >= 0.3 is 5.97 Å². The summed E-state index contributed by atoms with van der Waals surface area (Å²) in [6.45, 7) is 3.11. The molecule has 16 heteroatoms. The van der Waals surface area contributed by atoms with Crippen LogP contribution < -0.4 is 30.7 Å². The molecule has 9 rings (SSSR count). The summed E-state index contributed by atoms with van der Waals surface area (Å²) in [7, 11) is 1.64. The summed E-state index contributed by atoms with van der Waals surface area (Å²) in [6, 6.07) is 18.3. The molecule has 5 atom stereocenters. The Kier molecular flexibility index (Phi) is 14.1. The number of likely N-dealkylation sites (N-methyl/N-ethyl adjacent to an activating group) is 1. The van der Waals surface area contributed by atoms with Crippen LogP contribution in [0.3, 0.4) is 0 Å². The minimum Gasteiger partial charge on any atom is -0.494 e. The minimum atomic E-state index is -1.30. The van der Waals surface area contributed by atoms with Crippen LogP contribution in [0.15, 0.2) is 85.1 Å². The molecule has 6 bridgehead atoms. The van der Waals surface area contributed by atoms with Crippen molar-refractivity contribution in [3.63, 3.8) is 0 Å². The number of carboxylic acids is 1. The number of hydrogen-bond acceptors (Lipinski definition) is 10. The van der Waals surface area contributed by atoms with E-state index in [1.54, 1.807) is 61.2 Å². The van der Waals surface area contributed by atoms with Gasteiger partial charge in [-0.3, -0.25) is 23.9 Å². The highest BCUT2D eigenvalue weighted by atomic mass is 16.5. The highest BCUT2D eigenvalue weighted by Crippen LogP contribution is 2.22. The van der Waals surface area contributed by atoms with Crippen molar-refractivity contribution in [2.45, 2.75) is 88.8 Å². The maximum atomic E-state index is 14.3. The molecule has 5 aliphatic heterocycles. The zero-order valence-electron chi connectivity index (χ0n) is 32.6. The summed E-state index contributed by atoms with van der Waals surface area (Å²) >= 11 is 0. The summed E-state index contributed by atoms with van der Waals surface area (Å²) in [6.07, 6.45) is 3.52. The van der Waals surface area contributed by atoms with Gasteiger partial charge in [-0.05, 0) is 67.8 Å². The molecule has 4 amide bonds. The monoisotopic (exact) mass is 794 g/mol. The Morgan fingerprint density at radius 3 is 2.26 bits per heavy atom. The largest absolute Gasteiger partial charge is 0.494 e. The van der Waals surface area contributed by atoms with E-state index in [0.29, 0.717) is 55.2 Å². The van der Waals surface area contributed by atoms with Gasteiger partial charge in [0.2, 0.25) is 23.6 Å². The van der Waals surface area contributed by atoms with Gasteiger partial charge in [0.25, 0.3) is 0 Å². The number of aryl methyl sites for hydroxylation is 1. The molecule has 0 aliphatic carbocycles. The third kappa shape index (κ3) is 11.2. The molecule has 1 fully saturated rings. The van der Waals surface area contributed by atoms with Crippen LogP contribution in [0.4, 0.5) is 0 Å². The molecule has 6 heterocycles. The Balaban J connectivity index is 1.27. The molecule has 3 aromatic carbocycles. The van der Waals surface area contributed by atoms with Crippen LogP contribution in [0, 0.1) is 0 Å². The van der Waals surface area contributed by atoms with E-state index >= 15 is 0 Å². The number of amides is 4. The first-order valence-corrected chi connectivity index (χ1v) is 19.5. The summed E-state index contributed by atoms with van der Waals surface area (Å²) in [5, 5.41) is 29.8. The van der Waals surface area contributed by atoms with Crippen molar-refractivity contribution in [2.24, 2.45) is 0 Å². The predicted molar refractivity (Wildman–Crippen MR) is 212 cm³/mol. The number of aromatic nitrogens is 3. The van der Waals surface area contributed by atoms with Crippen LogP contribution in [0.2, 0.25) is 0 Å². The van der Waals surface area contributed by atoms with Gasteiger partial charge in [-0.15, -0.1) is 5.10 Å². The fourth-order valence-electron chi connectivity index (χ4n) is 6.93. The lowest BCUT2D eigenvalue weighted by molar-refractivity contribution is -0.143. The first kappa shape index (κ1) is 41.3. The van der Waals surface area contributed by atoms with Crippen LogP contribution in [0.1, 0.15) is 48.6 Å². The zero-order chi connectivity index (χ0) is 41.0. The van der Waals surface area contributed by atoms with E-state index in [2.05, 4.69) is 31.6 Å². The third-order valence-electron chi connectivity index (χ3n) is 10.3. The predicted octanol–water partition coefficient (Wildman–Crippen LogP) is 1.81. The van der Waals surface area contributed by atoms with E-state index in [9.17, 15) is 29.1 Å². The van der Waals surface area contributed by atoms with Crippen molar-refractivity contribution in [3.8, 4) is 11.5 Å². The molecule has 0 saturated carbocycles. The number of aliphatic carboxylic acids is 1. The normalized spacial score (nSPS) is 21.6. The Morgan fingerprint density at radius 2 is 1.57 bits per heavy atom. The first-order valence-electron chi connectivity index (χ1n) is 19.5. The average molecular weight is 795 g/mol. The van der Waals surface area contributed by atoms with Crippen LogP contribution in [0.5, 0.6) is 11.5 Å². The number of ether oxygens (including phenoxy) is 2. The maximum absolute atomic E-state index is 14.3. The molecule has 1 aromatic heterocycles. The van der Waals surface area contributed by atoms with Gasteiger partial charge in [-0.25, -0.2) is 4.79 Å². The van der Waals surface area contributed by atoms with E-state index in [4.69, 9.17) is 9.47 Å². The minimum absolute atomic E-state index is 0.0154. The van der Waals surface area contributed by atoms with Crippen molar-refractivity contribution in [2.75, 3.05) is 20.2 Å². The number of nitrogens with zero attached hydrogens (tertiary/aromatic N) is 4. The Bertz CT molecular complexity index is 2020. The van der Waals surface area contributed by atoms with Gasteiger partial charge in [0.05, 0.1) is 18.8 Å². The maximum Gasteiger partial charge on any atom is 0.326 e. The summed E-state index contributed by atoms with van der Waals surface area (Å²) in [5.41, 5.74) is 2.80. The van der Waals surface area contributed by atoms with Crippen LogP contribution in [-0.4, -0.2) is 105 Å². The van der Waals surface area contributed by atoms with Crippen molar-refractivity contribution in [1.82, 2.24) is 41.2 Å². The van der Waals surface area contributed by atoms with Crippen LogP contribution >= 0.6 is 0 Å². The molecule has 5 N–H and O–H groups in total. The standard InChI is InChI=1S/C42H50N8O8/c1-27(43-2)38(51)45-35-23-29-13-17-33(18-14-29)58-26-31-25-49(48-47-31)19-7-21-57-32-15-11-30(12-16-32)24-36(42(55)56)46-39(52)34(22-28-8-4-3-5-9-28)44-40(53)37-10-6-20-50(37)41(35)54/h3-5,8-9,11-18,25,27,34-37,43H,6-7,10,19-24,26H2,1-2H3,(H,44,53)(H,45,51)(H,46,52)(H,55,56)/t27-,34-,35-,36-,37+/m0/s1. The van der Waals surface area contributed by atoms with Gasteiger partial charge < -0.3 is 40.7 Å². The zero-order valence-corrected chi connectivity index (χ0v) is 32.6. The van der Waals surface area contributed by atoms with E-state index in [0.717, 1.165) is 11.1 Å². The highest BCUT2D eigenvalue weighted by molar-refractivity contribution is 5.96. The number of carbonyl (C=O) groups excluding carboxylic acids is 4. The molecule has 0 unspecified atom stereocenters. The van der Waals surface area contributed by atoms with Crippen molar-refractivity contribution in [3.05, 3.63) is 107 Å². The smallest absolute Gasteiger partial charge is 0.326 e. The lowest BCUT2D eigenvalue weighted by Gasteiger charge is -2.30. The molecule has 16 nitrogen and oxygen atoms in total. The molecule has 5 aliphatic rings. The van der Waals surface area contributed by atoms with Gasteiger partial charge in [0.1, 0.15) is 48.0 Å². The van der Waals surface area contributed by atoms with Gasteiger partial charge in [-0.1, -0.05) is 59.8 Å². The fraction of sp³-hybridized carbons (Fsp3) is 0.405. The number of nitrogens with one attached hydrogen (secondary N) is 4. The average Bonchev–Trinajstić information content (AvgIpc) is 3.92. The lowest BCUT2D eigenvalue weighted by atomic mass is 10.0. The molecule has 1 saturated heterocycles. The number of carbonyl (C=O) groups is 5. The van der Waals surface area contributed by atoms with Gasteiger partial charge in [-0.2, -0.15) is 0 Å². The Hall–Kier alpha value is -6.29. The van der Waals surface area contributed by atoms with Gasteiger partial charge in [0, 0.05) is 38.8 Å². The summed E-state index contributed by atoms with van der Waals surface area (Å²) in [5.74, 6) is -2.10. The number of carboxylic acid groups (broad SMARTS) is 1. The first-order chi connectivity index (χ1) is 28.1. The number of hydrogen-bond donors (Lipinski definition) is 5. The topological polar surface area (TPSA) is 206 Å². The van der Waals surface area contributed by atoms with Crippen LogP contribution in [-0.2, 0) is 56.4 Å². The van der Waals surface area contributed by atoms with Crippen molar-refractivity contribution < 1.29 is 38.6 Å². The SMILES string of the molecule is CN[C@@H](C)C(=O)N[C@H]1Cc2ccc(cc2)OCc2cn(nn2)CCCOc2ccc(cc2)C[C@@H](C(=O)O)NC(=O)[C@H](Cc2ccccc2)NC(=O)[C@H]2CCCN2C1=O. The highest BCUT2D eigenvalue weighted by Gasteiger charge is 2.39. The van der Waals surface area contributed by atoms with Gasteiger partial charge in [0.15, 0.2) is 0 Å². The molecule has 58 heavy (non-hydrogen) atoms. The molecule has 0 spiro atoms. The fourth-order valence-corrected chi connectivity index (χ4v) is 6.93. The van der Waals surface area contributed by atoms with Crippen molar-refractivity contribution in [1.29, 1.82) is 0 Å². The van der Waals surface area contributed by atoms with Crippen molar-refractivity contribution >= 4 is 29.6 Å². The number of benzene rings is 3. The second-order valence-corrected chi connectivity index (χ2v) is 14.6. The molecular weight excluding hydrogens is 745 g/mol. The summed E-state index contributed by atoms with van der Waals surface area (Å²) in [4.78, 5) is 69.4.